The Morgan fingerprint density at radius 3 is 1.27 bits per heavy atom. The molecule has 2 nitrogen and oxygen atoms in total. The van der Waals surface area contributed by atoms with Crippen LogP contribution in [0.4, 0.5) is 0 Å². The largest absolute Gasteiger partial charge is 0.457 e. The molecule has 1 heterocycles. The molecular formula is C37H24Br2O2. The van der Waals surface area contributed by atoms with Gasteiger partial charge in [-0.05, 0) is 92.3 Å². The zero-order valence-electron chi connectivity index (χ0n) is 22.0. The summed E-state index contributed by atoms with van der Waals surface area (Å²) in [6.45, 7) is 0.180. The average molecular weight is 660 g/mol. The average Bonchev–Trinajstić information content (AvgIpc) is 3.20. The van der Waals surface area contributed by atoms with Crippen molar-refractivity contribution < 1.29 is 9.47 Å². The maximum Gasteiger partial charge on any atom is 0.230 e. The van der Waals surface area contributed by atoms with Gasteiger partial charge in [-0.15, -0.1) is 0 Å². The highest BCUT2D eigenvalue weighted by Crippen LogP contribution is 2.47. The Morgan fingerprint density at radius 2 is 0.829 bits per heavy atom. The number of rotatable bonds is 4. The molecule has 0 bridgehead atoms. The summed E-state index contributed by atoms with van der Waals surface area (Å²) in [4.78, 5) is 0. The number of fused-ring (bicyclic) bond motifs is 7. The molecule has 1 aliphatic heterocycles. The summed E-state index contributed by atoms with van der Waals surface area (Å²) in [7, 11) is 0. The Kier molecular flexibility index (Phi) is 6.95. The lowest BCUT2D eigenvalue weighted by Gasteiger charge is -2.14. The fourth-order valence-corrected chi connectivity index (χ4v) is 5.84. The highest BCUT2D eigenvalue weighted by atomic mass is 79.9. The van der Waals surface area contributed by atoms with Crippen molar-refractivity contribution in [1.82, 2.24) is 0 Å². The Bertz CT molecular complexity index is 1830. The van der Waals surface area contributed by atoms with Gasteiger partial charge in [0.1, 0.15) is 11.5 Å². The Hall–Kier alpha value is -4.12. The van der Waals surface area contributed by atoms with E-state index >= 15 is 0 Å². The van der Waals surface area contributed by atoms with Crippen LogP contribution in [0.1, 0.15) is 22.3 Å². The van der Waals surface area contributed by atoms with Crippen LogP contribution in [0.2, 0.25) is 0 Å². The van der Waals surface area contributed by atoms with Crippen molar-refractivity contribution in [3.8, 4) is 22.6 Å². The summed E-state index contributed by atoms with van der Waals surface area (Å²) >= 11 is 7.01. The van der Waals surface area contributed by atoms with Gasteiger partial charge in [-0.25, -0.2) is 0 Å². The van der Waals surface area contributed by atoms with Gasteiger partial charge in [0.25, 0.3) is 0 Å². The first-order valence-electron chi connectivity index (χ1n) is 13.4. The maximum atomic E-state index is 6.10. The minimum Gasteiger partial charge on any atom is -0.457 e. The van der Waals surface area contributed by atoms with E-state index in [1.807, 2.05) is 0 Å². The predicted octanol–water partition coefficient (Wildman–Crippen LogP) is 11.3. The first kappa shape index (κ1) is 25.8. The van der Waals surface area contributed by atoms with Gasteiger partial charge < -0.3 is 9.47 Å². The van der Waals surface area contributed by atoms with Crippen LogP contribution in [-0.2, 0) is 0 Å². The molecule has 0 aromatic heterocycles. The van der Waals surface area contributed by atoms with Gasteiger partial charge in [-0.1, -0.05) is 117 Å². The van der Waals surface area contributed by atoms with Crippen molar-refractivity contribution in [2.75, 3.05) is 6.79 Å². The van der Waals surface area contributed by atoms with Gasteiger partial charge in [-0.2, -0.15) is 0 Å². The minimum atomic E-state index is 0.180. The van der Waals surface area contributed by atoms with Gasteiger partial charge >= 0.3 is 0 Å². The number of halogens is 2. The van der Waals surface area contributed by atoms with Crippen molar-refractivity contribution >= 4 is 77.7 Å². The second-order valence-electron chi connectivity index (χ2n) is 10.0. The lowest BCUT2D eigenvalue weighted by Crippen LogP contribution is -2.03. The summed E-state index contributed by atoms with van der Waals surface area (Å²) in [6.07, 6.45) is 8.58. The van der Waals surface area contributed by atoms with Gasteiger partial charge in [0.2, 0.25) is 6.79 Å². The molecule has 1 aliphatic rings. The zero-order valence-corrected chi connectivity index (χ0v) is 25.2. The van der Waals surface area contributed by atoms with Crippen LogP contribution in [0.3, 0.4) is 0 Å². The van der Waals surface area contributed by atoms with E-state index in [1.54, 1.807) is 0 Å². The van der Waals surface area contributed by atoms with Crippen LogP contribution >= 0.6 is 31.9 Å². The SMILES string of the molecule is Brc1ccc(/C=C/c2ccc3c4c(ccc3c2)OCOc2ccc3cc(/C=C/c5ccc(Br)cc5)ccc3c2-4)cc1. The van der Waals surface area contributed by atoms with E-state index in [2.05, 4.69) is 165 Å². The molecule has 4 heteroatoms. The smallest absolute Gasteiger partial charge is 0.230 e. The predicted molar refractivity (Wildman–Crippen MR) is 179 cm³/mol. The van der Waals surface area contributed by atoms with E-state index in [0.717, 1.165) is 75.4 Å². The zero-order chi connectivity index (χ0) is 27.8. The second-order valence-corrected chi connectivity index (χ2v) is 11.8. The van der Waals surface area contributed by atoms with E-state index < -0.39 is 0 Å². The van der Waals surface area contributed by atoms with Gasteiger partial charge in [-0.3, -0.25) is 0 Å². The summed E-state index contributed by atoms with van der Waals surface area (Å²) < 4.78 is 14.4. The molecule has 0 fully saturated rings. The normalized spacial score (nSPS) is 12.7. The second kappa shape index (κ2) is 11.0. The molecule has 0 aliphatic carbocycles. The van der Waals surface area contributed by atoms with Crippen LogP contribution in [0.5, 0.6) is 11.5 Å². The molecule has 7 rings (SSSR count). The maximum absolute atomic E-state index is 6.10. The summed E-state index contributed by atoms with van der Waals surface area (Å²) in [6, 6.07) is 38.2. The number of hydrogen-bond donors (Lipinski definition) is 0. The Morgan fingerprint density at radius 1 is 0.439 bits per heavy atom. The minimum absolute atomic E-state index is 0.180. The van der Waals surface area contributed by atoms with E-state index in [1.165, 1.54) is 0 Å². The topological polar surface area (TPSA) is 18.5 Å². The number of benzene rings is 6. The third-order valence-corrected chi connectivity index (χ3v) is 8.42. The molecule has 0 saturated carbocycles. The number of ether oxygens (including phenoxy) is 2. The van der Waals surface area contributed by atoms with Crippen LogP contribution in [0.15, 0.2) is 118 Å². The van der Waals surface area contributed by atoms with Crippen molar-refractivity contribution in [3.63, 3.8) is 0 Å². The quantitative estimate of drug-likeness (QED) is 0.175. The molecule has 41 heavy (non-hydrogen) atoms. The van der Waals surface area contributed by atoms with E-state index in [9.17, 15) is 0 Å². The molecule has 0 spiro atoms. The van der Waals surface area contributed by atoms with Crippen molar-refractivity contribution in [1.29, 1.82) is 0 Å². The molecule has 0 radical (unpaired) electrons. The molecule has 6 aromatic carbocycles. The summed E-state index contributed by atoms with van der Waals surface area (Å²) in [5.74, 6) is 1.67. The Labute approximate surface area is 255 Å². The molecule has 0 amide bonds. The van der Waals surface area contributed by atoms with Gasteiger partial charge in [0, 0.05) is 20.1 Å². The van der Waals surface area contributed by atoms with E-state index in [4.69, 9.17) is 9.47 Å². The fraction of sp³-hybridized carbons (Fsp3) is 0.0270. The first-order chi connectivity index (χ1) is 20.1. The third kappa shape index (κ3) is 5.33. The number of hydrogen-bond acceptors (Lipinski definition) is 2. The highest BCUT2D eigenvalue weighted by Gasteiger charge is 2.22. The standard InChI is InChI=1S/C37H24Br2O2/c38-30-13-5-24(6-14-30)1-3-26-9-17-32-28(21-26)11-19-34-36(32)37-33-18-10-27(4-2-25-7-15-31(39)16-8-25)22-29(33)12-20-35(37)41-23-40-34/h1-22H,23H2/b3-1+,4-2+. The lowest BCUT2D eigenvalue weighted by molar-refractivity contribution is 0.125. The molecule has 0 saturated heterocycles. The molecule has 0 atom stereocenters. The van der Waals surface area contributed by atoms with E-state index in [-0.39, 0.29) is 6.79 Å². The van der Waals surface area contributed by atoms with Crippen LogP contribution in [0, 0.1) is 0 Å². The van der Waals surface area contributed by atoms with E-state index in [0.29, 0.717) is 0 Å². The molecular weight excluding hydrogens is 636 g/mol. The third-order valence-electron chi connectivity index (χ3n) is 7.37. The summed E-state index contributed by atoms with van der Waals surface area (Å²) in [5, 5.41) is 4.59. The van der Waals surface area contributed by atoms with Gasteiger partial charge in [0.05, 0.1) is 0 Å². The van der Waals surface area contributed by atoms with Crippen LogP contribution in [-0.4, -0.2) is 6.79 Å². The molecule has 6 aromatic rings. The molecule has 0 unspecified atom stereocenters. The fourth-order valence-electron chi connectivity index (χ4n) is 5.31. The van der Waals surface area contributed by atoms with Gasteiger partial charge in [0.15, 0.2) is 0 Å². The lowest BCUT2D eigenvalue weighted by atomic mass is 9.91. The Balaban J connectivity index is 1.30. The molecule has 198 valence electrons. The van der Waals surface area contributed by atoms with Crippen molar-refractivity contribution in [2.45, 2.75) is 0 Å². The molecule has 0 N–H and O–H groups in total. The van der Waals surface area contributed by atoms with Crippen molar-refractivity contribution in [3.05, 3.63) is 140 Å². The van der Waals surface area contributed by atoms with Crippen LogP contribution in [0.25, 0.3) is 57.0 Å². The monoisotopic (exact) mass is 658 g/mol. The van der Waals surface area contributed by atoms with Crippen LogP contribution < -0.4 is 9.47 Å². The van der Waals surface area contributed by atoms with Crippen molar-refractivity contribution in [2.24, 2.45) is 0 Å². The summed E-state index contributed by atoms with van der Waals surface area (Å²) in [5.41, 5.74) is 6.75. The highest BCUT2D eigenvalue weighted by molar-refractivity contribution is 9.10. The first-order valence-corrected chi connectivity index (χ1v) is 15.0.